The monoisotopic (exact) mass is 587 g/mol. The van der Waals surface area contributed by atoms with Gasteiger partial charge in [0.2, 0.25) is 11.9 Å². The van der Waals surface area contributed by atoms with Crippen LogP contribution >= 0.6 is 11.6 Å². The fraction of sp³-hybridized carbons (Fsp3) is 0.414. The van der Waals surface area contributed by atoms with E-state index in [1.165, 1.54) is 18.2 Å². The molecule has 3 aromatic rings. The number of hydrogen-bond acceptors (Lipinski definition) is 9. The number of hydrogen-bond donors (Lipinski definition) is 2. The summed E-state index contributed by atoms with van der Waals surface area (Å²) >= 11 is 5.90. The van der Waals surface area contributed by atoms with Gasteiger partial charge in [0.15, 0.2) is 0 Å². The van der Waals surface area contributed by atoms with Gasteiger partial charge in [-0.3, -0.25) is 9.69 Å². The molecule has 0 spiro atoms. The number of nitrogens with one attached hydrogen (secondary N) is 2. The van der Waals surface area contributed by atoms with Crippen LogP contribution in [-0.4, -0.2) is 87.2 Å². The van der Waals surface area contributed by atoms with E-state index in [-0.39, 0.29) is 17.0 Å². The van der Waals surface area contributed by atoms with Gasteiger partial charge in [0.25, 0.3) is 0 Å². The molecule has 2 aromatic carbocycles. The number of aromatic nitrogens is 2. The third-order valence-electron chi connectivity index (χ3n) is 6.42. The predicted molar refractivity (Wildman–Crippen MR) is 157 cm³/mol. The molecule has 1 fully saturated rings. The van der Waals surface area contributed by atoms with E-state index in [0.29, 0.717) is 66.9 Å². The number of amides is 1. The van der Waals surface area contributed by atoms with Crippen LogP contribution in [0.4, 0.5) is 21.7 Å². The lowest BCUT2D eigenvalue weighted by atomic mass is 10.2. The van der Waals surface area contributed by atoms with Crippen LogP contribution in [0.5, 0.6) is 5.75 Å². The summed E-state index contributed by atoms with van der Waals surface area (Å²) in [5.41, 5.74) is 1.64. The van der Waals surface area contributed by atoms with Crippen LogP contribution in [0.25, 0.3) is 10.9 Å². The predicted octanol–water partition coefficient (Wildman–Crippen LogP) is 4.81. The largest absolute Gasteiger partial charge is 0.489 e. The Hall–Kier alpha value is -3.35. The van der Waals surface area contributed by atoms with Gasteiger partial charge in [0, 0.05) is 69.9 Å². The van der Waals surface area contributed by atoms with Crippen LogP contribution < -0.4 is 15.4 Å². The molecule has 2 N–H and O–H groups in total. The van der Waals surface area contributed by atoms with Crippen LogP contribution in [0, 0.1) is 5.82 Å². The molecule has 0 bridgehead atoms. The van der Waals surface area contributed by atoms with Gasteiger partial charge < -0.3 is 29.6 Å². The molecule has 4 rings (SSSR count). The van der Waals surface area contributed by atoms with E-state index < -0.39 is 5.82 Å². The minimum Gasteiger partial charge on any atom is -0.489 e. The highest BCUT2D eigenvalue weighted by Gasteiger charge is 2.18. The van der Waals surface area contributed by atoms with E-state index in [0.717, 1.165) is 25.9 Å². The van der Waals surface area contributed by atoms with Gasteiger partial charge in [-0.2, -0.15) is 0 Å². The SMILES string of the molecule is COCCN(CC=CC(=O)Nc1cc2cnc(Nc3ccc(F)c(Cl)c3)nc2cc1OCC1CCCO1)CCOC. The quantitative estimate of drug-likeness (QED) is 0.242. The Morgan fingerprint density at radius 3 is 2.73 bits per heavy atom. The van der Waals surface area contributed by atoms with Gasteiger partial charge in [-0.15, -0.1) is 0 Å². The smallest absolute Gasteiger partial charge is 0.248 e. The van der Waals surface area contributed by atoms with E-state index in [1.807, 2.05) is 0 Å². The maximum atomic E-state index is 13.5. The van der Waals surface area contributed by atoms with Crippen LogP contribution in [0.2, 0.25) is 5.02 Å². The van der Waals surface area contributed by atoms with Crippen molar-refractivity contribution in [2.45, 2.75) is 18.9 Å². The number of halogens is 2. The van der Waals surface area contributed by atoms with Crippen molar-refractivity contribution in [3.63, 3.8) is 0 Å². The minimum absolute atomic E-state index is 0.00676. The van der Waals surface area contributed by atoms with Gasteiger partial charge >= 0.3 is 0 Å². The minimum atomic E-state index is -0.511. The van der Waals surface area contributed by atoms with Gasteiger partial charge in [-0.25, -0.2) is 14.4 Å². The number of methoxy groups -OCH3 is 2. The zero-order chi connectivity index (χ0) is 29.0. The second kappa shape index (κ2) is 15.6. The molecule has 12 heteroatoms. The molecule has 220 valence electrons. The Morgan fingerprint density at radius 2 is 2.02 bits per heavy atom. The van der Waals surface area contributed by atoms with Crippen LogP contribution in [0.15, 0.2) is 48.7 Å². The average Bonchev–Trinajstić information content (AvgIpc) is 3.49. The molecule has 0 radical (unpaired) electrons. The summed E-state index contributed by atoms with van der Waals surface area (Å²) in [4.78, 5) is 23.9. The number of nitrogens with zero attached hydrogens (tertiary/aromatic N) is 3. The molecular weight excluding hydrogens is 553 g/mol. The van der Waals surface area contributed by atoms with Gasteiger partial charge in [-0.1, -0.05) is 17.7 Å². The molecule has 1 aromatic heterocycles. The van der Waals surface area contributed by atoms with Gasteiger partial charge in [0.05, 0.1) is 35.5 Å². The van der Waals surface area contributed by atoms with Crippen LogP contribution in [0.3, 0.4) is 0 Å². The summed E-state index contributed by atoms with van der Waals surface area (Å²) in [5.74, 6) is -0.0386. The Kier molecular flexibility index (Phi) is 11.6. The van der Waals surface area contributed by atoms with Crippen molar-refractivity contribution in [2.24, 2.45) is 0 Å². The zero-order valence-corrected chi connectivity index (χ0v) is 24.0. The third-order valence-corrected chi connectivity index (χ3v) is 6.71. The molecule has 0 saturated carbocycles. The zero-order valence-electron chi connectivity index (χ0n) is 23.2. The van der Waals surface area contributed by atoms with Crippen LogP contribution in [0.1, 0.15) is 12.8 Å². The number of carbonyl (C=O) groups is 1. The van der Waals surface area contributed by atoms with Crippen molar-refractivity contribution >= 4 is 45.7 Å². The number of rotatable bonds is 15. The lowest BCUT2D eigenvalue weighted by Crippen LogP contribution is -2.31. The maximum absolute atomic E-state index is 13.5. The van der Waals surface area contributed by atoms with E-state index >= 15 is 0 Å². The van der Waals surface area contributed by atoms with Crippen molar-refractivity contribution < 1.29 is 28.1 Å². The Balaban J connectivity index is 1.50. The maximum Gasteiger partial charge on any atom is 0.248 e. The molecule has 1 saturated heterocycles. The standard InChI is InChI=1S/C29H35ClFN5O5/c1-38-13-10-36(11-14-39-2)9-3-6-28(37)34-26-15-20-18-32-29(33-21-7-8-24(31)23(30)16-21)35-25(20)17-27(26)41-19-22-5-4-12-40-22/h3,6-8,15-18,22H,4-5,9-14,19H2,1-2H3,(H,34,37)(H,32,33,35). The Bertz CT molecular complexity index is 1330. The first-order chi connectivity index (χ1) is 19.9. The lowest BCUT2D eigenvalue weighted by Gasteiger charge is -2.19. The number of anilines is 3. The van der Waals surface area contributed by atoms with Crippen molar-refractivity contribution in [3.05, 3.63) is 59.5 Å². The van der Waals surface area contributed by atoms with E-state index in [9.17, 15) is 9.18 Å². The second-order valence-corrected chi connectivity index (χ2v) is 9.89. The molecule has 1 unspecified atom stereocenters. The number of benzene rings is 2. The van der Waals surface area contributed by atoms with Gasteiger partial charge in [0.1, 0.15) is 18.2 Å². The first kappa shape index (κ1) is 30.6. The fourth-order valence-electron chi connectivity index (χ4n) is 4.22. The molecule has 0 aliphatic carbocycles. The molecular formula is C29H35ClFN5O5. The molecule has 1 atom stereocenters. The number of fused-ring (bicyclic) bond motifs is 1. The number of ether oxygens (including phenoxy) is 4. The second-order valence-electron chi connectivity index (χ2n) is 9.48. The summed E-state index contributed by atoms with van der Waals surface area (Å²) in [6, 6.07) is 7.80. The average molecular weight is 588 g/mol. The third kappa shape index (κ3) is 9.34. The molecule has 10 nitrogen and oxygen atoms in total. The van der Waals surface area contributed by atoms with E-state index in [1.54, 1.807) is 44.7 Å². The normalized spacial score (nSPS) is 15.2. The summed E-state index contributed by atoms with van der Waals surface area (Å²) in [6.07, 6.45) is 6.83. The molecule has 1 amide bonds. The summed E-state index contributed by atoms with van der Waals surface area (Å²) < 4.78 is 35.7. The van der Waals surface area contributed by atoms with E-state index in [2.05, 4.69) is 25.5 Å². The summed E-state index contributed by atoms with van der Waals surface area (Å²) in [5, 5.41) is 6.64. The molecule has 1 aliphatic heterocycles. The fourth-order valence-corrected chi connectivity index (χ4v) is 4.40. The molecule has 2 heterocycles. The van der Waals surface area contributed by atoms with Gasteiger partial charge in [-0.05, 0) is 37.1 Å². The Labute approximate surface area is 243 Å². The lowest BCUT2D eigenvalue weighted by molar-refractivity contribution is -0.111. The van der Waals surface area contributed by atoms with Crippen molar-refractivity contribution in [2.75, 3.05) is 70.9 Å². The van der Waals surface area contributed by atoms with Crippen LogP contribution in [-0.2, 0) is 19.0 Å². The van der Waals surface area contributed by atoms with Crippen molar-refractivity contribution in [1.82, 2.24) is 14.9 Å². The topological polar surface area (TPSA) is 107 Å². The first-order valence-corrected chi connectivity index (χ1v) is 13.8. The summed E-state index contributed by atoms with van der Waals surface area (Å²) in [6.45, 7) is 4.26. The van der Waals surface area contributed by atoms with Crippen molar-refractivity contribution in [1.29, 1.82) is 0 Å². The number of carbonyl (C=O) groups excluding carboxylic acids is 1. The summed E-state index contributed by atoms with van der Waals surface area (Å²) in [7, 11) is 3.31. The molecule has 1 aliphatic rings. The Morgan fingerprint density at radius 1 is 1.22 bits per heavy atom. The van der Waals surface area contributed by atoms with E-state index in [4.69, 9.17) is 30.5 Å². The highest BCUT2D eigenvalue weighted by atomic mass is 35.5. The van der Waals surface area contributed by atoms with Crippen molar-refractivity contribution in [3.8, 4) is 5.75 Å². The molecule has 41 heavy (non-hydrogen) atoms. The first-order valence-electron chi connectivity index (χ1n) is 13.4. The highest BCUT2D eigenvalue weighted by molar-refractivity contribution is 6.31. The highest BCUT2D eigenvalue weighted by Crippen LogP contribution is 2.31.